The SMILES string of the molecule is CCOc1ccc(Cc2cc([C@@H]3N[C@H](O)[C@@H](O)[C@H](O)[C@H]3O)ccc2Cl)cc1. The Morgan fingerprint density at radius 1 is 0.963 bits per heavy atom. The van der Waals surface area contributed by atoms with Crippen LogP contribution in [-0.2, 0) is 6.42 Å². The number of hydrogen-bond donors (Lipinski definition) is 5. The summed E-state index contributed by atoms with van der Waals surface area (Å²) in [6.45, 7) is 2.54. The van der Waals surface area contributed by atoms with Gasteiger partial charge in [-0.2, -0.15) is 0 Å². The van der Waals surface area contributed by atoms with Crippen molar-refractivity contribution in [3.63, 3.8) is 0 Å². The van der Waals surface area contributed by atoms with Gasteiger partial charge in [0.05, 0.1) is 12.6 Å². The van der Waals surface area contributed by atoms with Gasteiger partial charge < -0.3 is 25.2 Å². The molecular formula is C20H24ClNO5. The molecule has 0 amide bonds. The normalized spacial score (nSPS) is 28.1. The van der Waals surface area contributed by atoms with E-state index in [0.29, 0.717) is 23.6 Å². The third-order valence-electron chi connectivity index (χ3n) is 4.77. The van der Waals surface area contributed by atoms with Gasteiger partial charge >= 0.3 is 0 Å². The quantitative estimate of drug-likeness (QED) is 0.526. The van der Waals surface area contributed by atoms with Crippen LogP contribution in [0.1, 0.15) is 29.7 Å². The molecule has 2 aromatic rings. The number of rotatable bonds is 5. The van der Waals surface area contributed by atoms with E-state index in [9.17, 15) is 20.4 Å². The Morgan fingerprint density at radius 3 is 2.33 bits per heavy atom. The van der Waals surface area contributed by atoms with Crippen molar-refractivity contribution in [2.45, 2.75) is 43.9 Å². The van der Waals surface area contributed by atoms with Crippen LogP contribution in [-0.4, -0.2) is 51.6 Å². The third-order valence-corrected chi connectivity index (χ3v) is 5.14. The highest BCUT2D eigenvalue weighted by molar-refractivity contribution is 6.31. The number of ether oxygens (including phenoxy) is 1. The zero-order chi connectivity index (χ0) is 19.6. The van der Waals surface area contributed by atoms with Gasteiger partial charge in [0.15, 0.2) is 0 Å². The first kappa shape index (κ1) is 20.1. The first-order valence-corrected chi connectivity index (χ1v) is 9.27. The molecule has 1 aliphatic rings. The fourth-order valence-corrected chi connectivity index (χ4v) is 3.46. The molecular weight excluding hydrogens is 370 g/mol. The van der Waals surface area contributed by atoms with Gasteiger partial charge in [0.2, 0.25) is 0 Å². The third kappa shape index (κ3) is 4.43. The number of piperidine rings is 1. The van der Waals surface area contributed by atoms with Gasteiger partial charge in [-0.3, -0.25) is 5.32 Å². The van der Waals surface area contributed by atoms with Gasteiger partial charge in [-0.1, -0.05) is 35.9 Å². The molecule has 3 rings (SSSR count). The van der Waals surface area contributed by atoms with E-state index < -0.39 is 30.6 Å². The summed E-state index contributed by atoms with van der Waals surface area (Å²) < 4.78 is 5.44. The Bertz CT molecular complexity index is 769. The van der Waals surface area contributed by atoms with E-state index in [1.165, 1.54) is 0 Å². The van der Waals surface area contributed by atoms with Crippen LogP contribution >= 0.6 is 11.6 Å². The second kappa shape index (κ2) is 8.56. The smallest absolute Gasteiger partial charge is 0.134 e. The van der Waals surface area contributed by atoms with Gasteiger partial charge in [-0.15, -0.1) is 0 Å². The number of benzene rings is 2. The minimum absolute atomic E-state index is 0.579. The summed E-state index contributed by atoms with van der Waals surface area (Å²) in [6.07, 6.45) is -4.92. The first-order chi connectivity index (χ1) is 12.9. The molecule has 1 fully saturated rings. The Hall–Kier alpha value is -1.67. The highest BCUT2D eigenvalue weighted by Crippen LogP contribution is 2.30. The molecule has 6 nitrogen and oxygen atoms in total. The van der Waals surface area contributed by atoms with Crippen molar-refractivity contribution in [3.8, 4) is 5.75 Å². The maximum atomic E-state index is 10.3. The van der Waals surface area contributed by atoms with Crippen LogP contribution in [0.5, 0.6) is 5.75 Å². The van der Waals surface area contributed by atoms with E-state index in [4.69, 9.17) is 16.3 Å². The highest BCUT2D eigenvalue weighted by atomic mass is 35.5. The summed E-state index contributed by atoms with van der Waals surface area (Å²) >= 11 is 6.34. The average molecular weight is 394 g/mol. The molecule has 0 bridgehead atoms. The fraction of sp³-hybridized carbons (Fsp3) is 0.400. The molecule has 0 spiro atoms. The van der Waals surface area contributed by atoms with Crippen LogP contribution in [0.15, 0.2) is 42.5 Å². The zero-order valence-corrected chi connectivity index (χ0v) is 15.7. The van der Waals surface area contributed by atoms with Gasteiger partial charge in [-0.25, -0.2) is 0 Å². The lowest BCUT2D eigenvalue weighted by molar-refractivity contribution is -0.157. The Balaban J connectivity index is 1.82. The number of nitrogens with one attached hydrogen (secondary N) is 1. The van der Waals surface area contributed by atoms with E-state index in [-0.39, 0.29) is 0 Å². The number of aliphatic hydroxyl groups excluding tert-OH is 4. The zero-order valence-electron chi connectivity index (χ0n) is 14.9. The maximum absolute atomic E-state index is 10.3. The Labute approximate surface area is 163 Å². The average Bonchev–Trinajstić information content (AvgIpc) is 2.66. The van der Waals surface area contributed by atoms with Crippen LogP contribution in [0.25, 0.3) is 0 Å². The summed E-state index contributed by atoms with van der Waals surface area (Å²) in [7, 11) is 0. The summed E-state index contributed by atoms with van der Waals surface area (Å²) in [5, 5.41) is 43.1. The van der Waals surface area contributed by atoms with Crippen molar-refractivity contribution in [1.29, 1.82) is 0 Å². The van der Waals surface area contributed by atoms with E-state index in [1.54, 1.807) is 12.1 Å². The summed E-state index contributed by atoms with van der Waals surface area (Å²) in [5.41, 5.74) is 2.56. The fourth-order valence-electron chi connectivity index (χ4n) is 3.27. The summed E-state index contributed by atoms with van der Waals surface area (Å²) in [4.78, 5) is 0. The summed E-state index contributed by atoms with van der Waals surface area (Å²) in [5.74, 6) is 0.803. The number of halogens is 1. The molecule has 1 aliphatic heterocycles. The van der Waals surface area contributed by atoms with Crippen molar-refractivity contribution in [3.05, 3.63) is 64.2 Å². The predicted molar refractivity (Wildman–Crippen MR) is 102 cm³/mol. The molecule has 27 heavy (non-hydrogen) atoms. The van der Waals surface area contributed by atoms with Crippen LogP contribution in [0.4, 0.5) is 0 Å². The van der Waals surface area contributed by atoms with Crippen LogP contribution in [0, 0.1) is 0 Å². The monoisotopic (exact) mass is 393 g/mol. The molecule has 5 atom stereocenters. The second-order valence-electron chi connectivity index (χ2n) is 6.67. The van der Waals surface area contributed by atoms with Crippen molar-refractivity contribution >= 4 is 11.6 Å². The number of aliphatic hydroxyl groups is 4. The van der Waals surface area contributed by atoms with Crippen molar-refractivity contribution in [2.24, 2.45) is 0 Å². The largest absolute Gasteiger partial charge is 0.494 e. The predicted octanol–water partition coefficient (Wildman–Crippen LogP) is 1.37. The topological polar surface area (TPSA) is 102 Å². The molecule has 5 N–H and O–H groups in total. The summed E-state index contributed by atoms with van der Waals surface area (Å²) in [6, 6.07) is 12.3. The minimum atomic E-state index is -1.45. The molecule has 7 heteroatoms. The van der Waals surface area contributed by atoms with Crippen LogP contribution < -0.4 is 10.1 Å². The molecule has 1 saturated heterocycles. The van der Waals surface area contributed by atoms with Crippen molar-refractivity contribution < 1.29 is 25.2 Å². The molecule has 2 aromatic carbocycles. The van der Waals surface area contributed by atoms with Gasteiger partial charge in [0.1, 0.15) is 30.3 Å². The second-order valence-corrected chi connectivity index (χ2v) is 7.07. The highest BCUT2D eigenvalue weighted by Gasteiger charge is 2.42. The van der Waals surface area contributed by atoms with E-state index in [2.05, 4.69) is 5.32 Å². The Morgan fingerprint density at radius 2 is 1.67 bits per heavy atom. The lowest BCUT2D eigenvalue weighted by atomic mass is 9.89. The molecule has 0 saturated carbocycles. The van der Waals surface area contributed by atoms with E-state index in [1.807, 2.05) is 37.3 Å². The molecule has 0 aromatic heterocycles. The van der Waals surface area contributed by atoms with Crippen molar-refractivity contribution in [2.75, 3.05) is 6.61 Å². The van der Waals surface area contributed by atoms with Crippen LogP contribution in [0.3, 0.4) is 0 Å². The van der Waals surface area contributed by atoms with Gasteiger partial charge in [0.25, 0.3) is 0 Å². The molecule has 146 valence electrons. The Kier molecular flexibility index (Phi) is 6.37. The lowest BCUT2D eigenvalue weighted by Crippen LogP contribution is -2.60. The number of hydrogen-bond acceptors (Lipinski definition) is 6. The van der Waals surface area contributed by atoms with Gasteiger partial charge in [0, 0.05) is 5.02 Å². The maximum Gasteiger partial charge on any atom is 0.134 e. The molecule has 0 unspecified atom stereocenters. The molecule has 0 aliphatic carbocycles. The van der Waals surface area contributed by atoms with E-state index in [0.717, 1.165) is 16.9 Å². The molecule has 1 heterocycles. The van der Waals surface area contributed by atoms with Gasteiger partial charge in [-0.05, 0) is 48.2 Å². The standard InChI is InChI=1S/C20H24ClNO5/c1-2-27-14-6-3-11(4-7-14)9-13-10-12(5-8-15(13)21)16-17(23)18(24)19(25)20(26)22-16/h3-8,10,16-20,22-26H,2,9H2,1H3/t16-,17-,18+,19-,20+/m0/s1. The molecule has 0 radical (unpaired) electrons. The van der Waals surface area contributed by atoms with Crippen LogP contribution in [0.2, 0.25) is 5.02 Å². The lowest BCUT2D eigenvalue weighted by Gasteiger charge is -2.39. The minimum Gasteiger partial charge on any atom is -0.494 e. The van der Waals surface area contributed by atoms with Crippen molar-refractivity contribution in [1.82, 2.24) is 5.32 Å². The van der Waals surface area contributed by atoms with E-state index >= 15 is 0 Å². The first-order valence-electron chi connectivity index (χ1n) is 8.89.